The minimum Gasteiger partial charge on any atom is -0.486 e. The lowest BCUT2D eigenvalue weighted by molar-refractivity contribution is 0.00578. The Morgan fingerprint density at radius 2 is 1.70 bits per heavy atom. The van der Waals surface area contributed by atoms with Crippen molar-refractivity contribution in [2.45, 2.75) is 51.4 Å². The molecule has 1 amide bonds. The number of amides is 1. The molecule has 1 atom stereocenters. The van der Waals surface area contributed by atoms with E-state index in [-0.39, 0.29) is 6.10 Å². The molecule has 7 heteroatoms. The molecular weight excluding hydrogens is 381 g/mol. The third kappa shape index (κ3) is 4.97. The van der Waals surface area contributed by atoms with Crippen molar-refractivity contribution >= 4 is 18.7 Å². The fourth-order valence-electron chi connectivity index (χ4n) is 3.25. The van der Waals surface area contributed by atoms with Crippen LogP contribution >= 0.6 is 0 Å². The van der Waals surface area contributed by atoms with E-state index in [4.69, 9.17) is 19.2 Å². The van der Waals surface area contributed by atoms with Gasteiger partial charge in [-0.3, -0.25) is 0 Å². The van der Waals surface area contributed by atoms with Gasteiger partial charge in [-0.05, 0) is 50.9 Å². The van der Waals surface area contributed by atoms with Crippen LogP contribution in [0.15, 0.2) is 54.6 Å². The van der Waals surface area contributed by atoms with Crippen molar-refractivity contribution in [3.8, 4) is 5.75 Å². The Balaban J connectivity index is 1.78. The molecule has 2 aromatic carbocycles. The van der Waals surface area contributed by atoms with Gasteiger partial charge in [0, 0.05) is 20.0 Å². The maximum Gasteiger partial charge on any atom is 0.494 e. The van der Waals surface area contributed by atoms with Crippen LogP contribution in [0.3, 0.4) is 0 Å². The average molecular weight is 411 g/mol. The van der Waals surface area contributed by atoms with E-state index in [0.717, 1.165) is 11.0 Å². The van der Waals surface area contributed by atoms with Crippen LogP contribution in [0.25, 0.3) is 0 Å². The van der Waals surface area contributed by atoms with Gasteiger partial charge >= 0.3 is 13.2 Å². The van der Waals surface area contributed by atoms with Crippen LogP contribution in [0.1, 0.15) is 45.8 Å². The zero-order valence-corrected chi connectivity index (χ0v) is 18.3. The summed E-state index contributed by atoms with van der Waals surface area (Å²) in [5.74, 6) is 0.689. The summed E-state index contributed by atoms with van der Waals surface area (Å²) in [5, 5.41) is 9.15. The lowest BCUT2D eigenvalue weighted by Crippen LogP contribution is -2.41. The summed E-state index contributed by atoms with van der Waals surface area (Å²) < 4.78 is 18.6. The molecule has 1 saturated heterocycles. The standard InChI is InChI=1S/C23H30BNO5/c1-22(2)23(3,4)30-24(29-22)18-12-9-13-19(16-18)28-20(14-15-25(5)21(26)27)17-10-7-6-8-11-17/h6-13,16,20H,14-15H2,1-5H3,(H,26,27). The van der Waals surface area contributed by atoms with Gasteiger partial charge in [0.1, 0.15) is 11.9 Å². The van der Waals surface area contributed by atoms with Gasteiger partial charge in [0.15, 0.2) is 0 Å². The molecule has 0 aromatic heterocycles. The normalized spacial score (nSPS) is 18.1. The van der Waals surface area contributed by atoms with Gasteiger partial charge in [-0.2, -0.15) is 0 Å². The van der Waals surface area contributed by atoms with Crippen molar-refractivity contribution in [2.24, 2.45) is 0 Å². The molecule has 0 spiro atoms. The molecule has 2 aromatic rings. The number of benzene rings is 2. The van der Waals surface area contributed by atoms with Crippen LogP contribution in [0.5, 0.6) is 5.75 Å². The summed E-state index contributed by atoms with van der Waals surface area (Å²) in [4.78, 5) is 12.4. The Morgan fingerprint density at radius 1 is 1.07 bits per heavy atom. The first-order valence-electron chi connectivity index (χ1n) is 10.2. The van der Waals surface area contributed by atoms with Crippen LogP contribution in [0.2, 0.25) is 0 Å². The number of rotatable bonds is 7. The quantitative estimate of drug-likeness (QED) is 0.695. The zero-order valence-electron chi connectivity index (χ0n) is 18.3. The summed E-state index contributed by atoms with van der Waals surface area (Å²) in [5.41, 5.74) is 1.06. The number of nitrogens with zero attached hydrogens (tertiary/aromatic N) is 1. The summed E-state index contributed by atoms with van der Waals surface area (Å²) in [6.45, 7) is 8.47. The Labute approximate surface area is 178 Å². The maximum absolute atomic E-state index is 11.2. The van der Waals surface area contributed by atoms with E-state index in [1.807, 2.05) is 82.3 Å². The molecule has 1 fully saturated rings. The highest BCUT2D eigenvalue weighted by molar-refractivity contribution is 6.62. The van der Waals surface area contributed by atoms with E-state index in [1.165, 1.54) is 4.90 Å². The minimum absolute atomic E-state index is 0.276. The van der Waals surface area contributed by atoms with Gasteiger partial charge in [0.2, 0.25) is 0 Å². The predicted octanol–water partition coefficient (Wildman–Crippen LogP) is 4.11. The van der Waals surface area contributed by atoms with E-state index in [2.05, 4.69) is 0 Å². The van der Waals surface area contributed by atoms with Crippen molar-refractivity contribution < 1.29 is 23.9 Å². The smallest absolute Gasteiger partial charge is 0.486 e. The van der Waals surface area contributed by atoms with Crippen LogP contribution in [-0.4, -0.2) is 48.0 Å². The van der Waals surface area contributed by atoms with Crippen molar-refractivity contribution in [3.63, 3.8) is 0 Å². The second kappa shape index (κ2) is 8.70. The van der Waals surface area contributed by atoms with E-state index < -0.39 is 24.4 Å². The molecule has 30 heavy (non-hydrogen) atoms. The highest BCUT2D eigenvalue weighted by Gasteiger charge is 2.51. The SMILES string of the molecule is CN(CCC(Oc1cccc(B2OC(C)(C)C(C)(C)O2)c1)c1ccccc1)C(=O)O. The molecule has 1 aliphatic heterocycles. The average Bonchev–Trinajstić information content (AvgIpc) is 2.93. The first-order chi connectivity index (χ1) is 14.1. The fourth-order valence-corrected chi connectivity index (χ4v) is 3.25. The van der Waals surface area contributed by atoms with Crippen molar-refractivity contribution in [3.05, 3.63) is 60.2 Å². The highest BCUT2D eigenvalue weighted by atomic mass is 16.7. The number of hydrogen-bond acceptors (Lipinski definition) is 4. The Kier molecular flexibility index (Phi) is 6.43. The summed E-state index contributed by atoms with van der Waals surface area (Å²) in [6.07, 6.45) is -0.695. The van der Waals surface area contributed by atoms with Crippen molar-refractivity contribution in [2.75, 3.05) is 13.6 Å². The van der Waals surface area contributed by atoms with E-state index >= 15 is 0 Å². The topological polar surface area (TPSA) is 68.2 Å². The molecule has 6 nitrogen and oxygen atoms in total. The second-order valence-electron chi connectivity index (χ2n) is 8.67. The molecule has 1 N–H and O–H groups in total. The van der Waals surface area contributed by atoms with Crippen molar-refractivity contribution in [1.82, 2.24) is 4.90 Å². The molecule has 1 heterocycles. The minimum atomic E-state index is -0.954. The van der Waals surface area contributed by atoms with Gasteiger partial charge in [0.05, 0.1) is 11.2 Å². The summed E-state index contributed by atoms with van der Waals surface area (Å²) >= 11 is 0. The van der Waals surface area contributed by atoms with Gasteiger partial charge in [0.25, 0.3) is 0 Å². The van der Waals surface area contributed by atoms with Crippen molar-refractivity contribution in [1.29, 1.82) is 0 Å². The first kappa shape index (κ1) is 22.2. The zero-order chi connectivity index (χ0) is 21.9. The van der Waals surface area contributed by atoms with Crippen LogP contribution in [-0.2, 0) is 9.31 Å². The molecule has 160 valence electrons. The number of carbonyl (C=O) groups is 1. The van der Waals surface area contributed by atoms with E-state index in [0.29, 0.717) is 18.7 Å². The van der Waals surface area contributed by atoms with Crippen LogP contribution in [0.4, 0.5) is 4.79 Å². The Hall–Kier alpha value is -2.51. The number of hydrogen-bond donors (Lipinski definition) is 1. The first-order valence-corrected chi connectivity index (χ1v) is 10.2. The van der Waals surface area contributed by atoms with E-state index in [9.17, 15) is 4.79 Å². The molecule has 3 rings (SSSR count). The predicted molar refractivity (Wildman–Crippen MR) is 117 cm³/mol. The largest absolute Gasteiger partial charge is 0.494 e. The summed E-state index contributed by atoms with van der Waals surface area (Å²) in [6, 6.07) is 17.5. The Bertz CT molecular complexity index is 855. The fraction of sp³-hybridized carbons (Fsp3) is 0.435. The maximum atomic E-state index is 11.2. The van der Waals surface area contributed by atoms with Gasteiger partial charge in [-0.15, -0.1) is 0 Å². The van der Waals surface area contributed by atoms with Gasteiger partial charge < -0.3 is 24.1 Å². The molecule has 0 aliphatic carbocycles. The molecule has 0 saturated carbocycles. The molecule has 0 radical (unpaired) electrons. The highest BCUT2D eigenvalue weighted by Crippen LogP contribution is 2.36. The van der Waals surface area contributed by atoms with Gasteiger partial charge in [-0.25, -0.2) is 4.79 Å². The monoisotopic (exact) mass is 411 g/mol. The molecule has 1 unspecified atom stereocenters. The third-order valence-corrected chi connectivity index (χ3v) is 5.89. The van der Waals surface area contributed by atoms with Crippen LogP contribution < -0.4 is 10.2 Å². The molecule has 1 aliphatic rings. The lowest BCUT2D eigenvalue weighted by atomic mass is 9.79. The number of ether oxygens (including phenoxy) is 1. The molecular formula is C23H30BNO5. The molecule has 0 bridgehead atoms. The van der Waals surface area contributed by atoms with Gasteiger partial charge in [-0.1, -0.05) is 42.5 Å². The lowest BCUT2D eigenvalue weighted by Gasteiger charge is -2.32. The van der Waals surface area contributed by atoms with E-state index in [1.54, 1.807) is 7.05 Å². The van der Waals surface area contributed by atoms with Crippen LogP contribution in [0, 0.1) is 0 Å². The summed E-state index contributed by atoms with van der Waals surface area (Å²) in [7, 11) is 1.09. The third-order valence-electron chi connectivity index (χ3n) is 5.89. The second-order valence-corrected chi connectivity index (χ2v) is 8.67. The Morgan fingerprint density at radius 3 is 2.30 bits per heavy atom. The number of carboxylic acid groups (broad SMARTS) is 1.